The minimum Gasteiger partial charge on any atom is -0.497 e. The molecule has 0 unspecified atom stereocenters. The van der Waals surface area contributed by atoms with E-state index in [4.69, 9.17) is 9.47 Å². The first-order valence-electron chi connectivity index (χ1n) is 7.98. The fourth-order valence-electron chi connectivity index (χ4n) is 2.22. The maximum atomic E-state index is 5.34. The molecular weight excluding hydrogens is 264 g/mol. The number of hydrogen-bond acceptors (Lipinski definition) is 4. The van der Waals surface area contributed by atoms with E-state index in [-0.39, 0.29) is 0 Å². The second kappa shape index (κ2) is 11.3. The minimum absolute atomic E-state index is 0.835. The molecule has 0 aliphatic carbocycles. The molecule has 0 saturated carbocycles. The van der Waals surface area contributed by atoms with Crippen molar-refractivity contribution in [1.29, 1.82) is 0 Å². The Morgan fingerprint density at radius 1 is 0.905 bits per heavy atom. The van der Waals surface area contributed by atoms with Crippen LogP contribution in [0.1, 0.15) is 39.0 Å². The molecule has 0 spiro atoms. The van der Waals surface area contributed by atoms with E-state index in [1.54, 1.807) is 14.2 Å². The molecule has 4 heteroatoms. The Hall–Kier alpha value is -1.42. The fourth-order valence-corrected chi connectivity index (χ4v) is 2.22. The van der Waals surface area contributed by atoms with Crippen molar-refractivity contribution in [3.63, 3.8) is 0 Å². The Balaban J connectivity index is 2.17. The van der Waals surface area contributed by atoms with E-state index >= 15 is 0 Å². The summed E-state index contributed by atoms with van der Waals surface area (Å²) >= 11 is 0. The predicted octanol–water partition coefficient (Wildman–Crippen LogP) is 3.68. The number of hydrogen-bond donors (Lipinski definition) is 2. The van der Waals surface area contributed by atoms with Crippen molar-refractivity contribution in [3.8, 4) is 11.5 Å². The van der Waals surface area contributed by atoms with Crippen LogP contribution in [0.2, 0.25) is 0 Å². The molecule has 0 aromatic heterocycles. The number of unbranched alkanes of at least 4 members (excludes halogenated alkanes) is 4. The van der Waals surface area contributed by atoms with Crippen molar-refractivity contribution in [3.05, 3.63) is 18.2 Å². The molecule has 4 nitrogen and oxygen atoms in total. The Bertz CT molecular complexity index is 383. The molecule has 0 saturated heterocycles. The third-order valence-corrected chi connectivity index (χ3v) is 3.48. The Morgan fingerprint density at radius 2 is 1.71 bits per heavy atom. The van der Waals surface area contributed by atoms with Gasteiger partial charge in [0.05, 0.1) is 19.9 Å². The molecule has 0 radical (unpaired) electrons. The van der Waals surface area contributed by atoms with Gasteiger partial charge in [-0.25, -0.2) is 0 Å². The van der Waals surface area contributed by atoms with Crippen LogP contribution in [0.5, 0.6) is 11.5 Å². The topological polar surface area (TPSA) is 42.5 Å². The van der Waals surface area contributed by atoms with E-state index in [2.05, 4.69) is 17.6 Å². The van der Waals surface area contributed by atoms with Crippen molar-refractivity contribution in [2.75, 3.05) is 39.2 Å². The van der Waals surface area contributed by atoms with E-state index in [0.717, 1.165) is 36.8 Å². The standard InChI is InChI=1S/C17H30N2O2/c1-4-5-6-7-8-11-18-12-13-19-16-14-15(20-2)9-10-17(16)21-3/h9-10,14,18-19H,4-8,11-13H2,1-3H3. The number of anilines is 1. The van der Waals surface area contributed by atoms with Crippen LogP contribution >= 0.6 is 0 Å². The van der Waals surface area contributed by atoms with Crippen LogP contribution < -0.4 is 20.1 Å². The average Bonchev–Trinajstić information content (AvgIpc) is 2.53. The number of benzene rings is 1. The van der Waals surface area contributed by atoms with Crippen LogP contribution in [0, 0.1) is 0 Å². The van der Waals surface area contributed by atoms with Crippen molar-refractivity contribution >= 4 is 5.69 Å². The van der Waals surface area contributed by atoms with E-state index in [1.807, 2.05) is 18.2 Å². The summed E-state index contributed by atoms with van der Waals surface area (Å²) in [5.41, 5.74) is 0.974. The van der Waals surface area contributed by atoms with Gasteiger partial charge < -0.3 is 20.1 Å². The van der Waals surface area contributed by atoms with Gasteiger partial charge in [0.15, 0.2) is 0 Å². The Labute approximate surface area is 129 Å². The first-order valence-corrected chi connectivity index (χ1v) is 7.98. The van der Waals surface area contributed by atoms with Crippen molar-refractivity contribution in [1.82, 2.24) is 5.32 Å². The van der Waals surface area contributed by atoms with Gasteiger partial charge in [0, 0.05) is 19.2 Å². The quantitative estimate of drug-likeness (QED) is 0.577. The number of nitrogens with one attached hydrogen (secondary N) is 2. The summed E-state index contributed by atoms with van der Waals surface area (Å²) in [6, 6.07) is 5.78. The lowest BCUT2D eigenvalue weighted by molar-refractivity contribution is 0.404. The molecule has 0 amide bonds. The van der Waals surface area contributed by atoms with Crippen LogP contribution in [-0.2, 0) is 0 Å². The van der Waals surface area contributed by atoms with Crippen LogP contribution in [-0.4, -0.2) is 33.9 Å². The lowest BCUT2D eigenvalue weighted by Gasteiger charge is -2.13. The van der Waals surface area contributed by atoms with Crippen LogP contribution in [0.25, 0.3) is 0 Å². The molecule has 0 aliphatic rings. The second-order valence-corrected chi connectivity index (χ2v) is 5.16. The van der Waals surface area contributed by atoms with Gasteiger partial charge >= 0.3 is 0 Å². The molecule has 21 heavy (non-hydrogen) atoms. The third-order valence-electron chi connectivity index (χ3n) is 3.48. The second-order valence-electron chi connectivity index (χ2n) is 5.16. The highest BCUT2D eigenvalue weighted by Gasteiger charge is 2.03. The molecule has 0 aliphatic heterocycles. The Morgan fingerprint density at radius 3 is 2.43 bits per heavy atom. The highest BCUT2D eigenvalue weighted by molar-refractivity contribution is 5.59. The lowest BCUT2D eigenvalue weighted by atomic mass is 10.1. The van der Waals surface area contributed by atoms with Gasteiger partial charge in [0.2, 0.25) is 0 Å². The number of rotatable bonds is 12. The van der Waals surface area contributed by atoms with Crippen molar-refractivity contribution in [2.24, 2.45) is 0 Å². The van der Waals surface area contributed by atoms with Gasteiger partial charge in [-0.3, -0.25) is 0 Å². The van der Waals surface area contributed by atoms with Crippen LogP contribution in [0.4, 0.5) is 5.69 Å². The largest absolute Gasteiger partial charge is 0.497 e. The average molecular weight is 294 g/mol. The smallest absolute Gasteiger partial charge is 0.142 e. The number of methoxy groups -OCH3 is 2. The monoisotopic (exact) mass is 294 g/mol. The fraction of sp³-hybridized carbons (Fsp3) is 0.647. The molecule has 0 bridgehead atoms. The lowest BCUT2D eigenvalue weighted by Crippen LogP contribution is -2.23. The molecule has 0 fully saturated rings. The normalized spacial score (nSPS) is 10.4. The van der Waals surface area contributed by atoms with Crippen molar-refractivity contribution in [2.45, 2.75) is 39.0 Å². The maximum Gasteiger partial charge on any atom is 0.142 e. The van der Waals surface area contributed by atoms with E-state index in [1.165, 1.54) is 32.1 Å². The van der Waals surface area contributed by atoms with Gasteiger partial charge in [-0.2, -0.15) is 0 Å². The third kappa shape index (κ3) is 7.23. The summed E-state index contributed by atoms with van der Waals surface area (Å²) in [5, 5.41) is 6.85. The summed E-state index contributed by atoms with van der Waals surface area (Å²) in [4.78, 5) is 0. The molecular formula is C17H30N2O2. The highest BCUT2D eigenvalue weighted by atomic mass is 16.5. The summed E-state index contributed by atoms with van der Waals surface area (Å²) in [6.07, 6.45) is 6.62. The minimum atomic E-state index is 0.835. The molecule has 2 N–H and O–H groups in total. The predicted molar refractivity (Wildman–Crippen MR) is 89.7 cm³/mol. The first kappa shape index (κ1) is 17.6. The van der Waals surface area contributed by atoms with E-state index in [9.17, 15) is 0 Å². The molecule has 120 valence electrons. The first-order chi connectivity index (χ1) is 10.3. The van der Waals surface area contributed by atoms with Gasteiger partial charge in [0.1, 0.15) is 11.5 Å². The zero-order valence-corrected chi connectivity index (χ0v) is 13.7. The molecule has 1 aromatic rings. The van der Waals surface area contributed by atoms with Gasteiger partial charge in [-0.05, 0) is 25.1 Å². The van der Waals surface area contributed by atoms with Crippen LogP contribution in [0.3, 0.4) is 0 Å². The SMILES string of the molecule is CCCCCCCNCCNc1cc(OC)ccc1OC. The zero-order chi connectivity index (χ0) is 15.3. The van der Waals surface area contributed by atoms with E-state index in [0.29, 0.717) is 0 Å². The van der Waals surface area contributed by atoms with E-state index < -0.39 is 0 Å². The van der Waals surface area contributed by atoms with Gasteiger partial charge in [-0.1, -0.05) is 32.6 Å². The highest BCUT2D eigenvalue weighted by Crippen LogP contribution is 2.28. The molecule has 1 rings (SSSR count). The van der Waals surface area contributed by atoms with Crippen molar-refractivity contribution < 1.29 is 9.47 Å². The Kier molecular flexibility index (Phi) is 9.46. The molecule has 1 aromatic carbocycles. The molecule has 0 heterocycles. The molecule has 0 atom stereocenters. The van der Waals surface area contributed by atoms with Crippen LogP contribution in [0.15, 0.2) is 18.2 Å². The maximum absolute atomic E-state index is 5.34. The van der Waals surface area contributed by atoms with Gasteiger partial charge in [-0.15, -0.1) is 0 Å². The number of ether oxygens (including phenoxy) is 2. The summed E-state index contributed by atoms with van der Waals surface area (Å²) in [6.45, 7) is 5.17. The van der Waals surface area contributed by atoms with Gasteiger partial charge in [0.25, 0.3) is 0 Å². The summed E-state index contributed by atoms with van der Waals surface area (Å²) in [5.74, 6) is 1.68. The summed E-state index contributed by atoms with van der Waals surface area (Å²) in [7, 11) is 3.35. The summed E-state index contributed by atoms with van der Waals surface area (Å²) < 4.78 is 10.6. The zero-order valence-electron chi connectivity index (χ0n) is 13.7.